The highest BCUT2D eigenvalue weighted by atomic mass is 16.5. The maximum absolute atomic E-state index is 5.53. The molecule has 1 unspecified atom stereocenters. The minimum Gasteiger partial charge on any atom is -0.339 e. The monoisotopic (exact) mass is 255 g/mol. The summed E-state index contributed by atoms with van der Waals surface area (Å²) in [5, 5.41) is 7.61. The Morgan fingerprint density at radius 1 is 1.32 bits per heavy atom. The maximum atomic E-state index is 5.53. The predicted molar refractivity (Wildman–Crippen MR) is 70.9 cm³/mol. The second-order valence-electron chi connectivity index (χ2n) is 5.90. The van der Waals surface area contributed by atoms with Gasteiger partial charge in [0, 0.05) is 18.5 Å². The number of nitrogens with one attached hydrogen (secondary N) is 1. The van der Waals surface area contributed by atoms with E-state index in [9.17, 15) is 0 Å². The molecule has 0 amide bonds. The van der Waals surface area contributed by atoms with E-state index in [2.05, 4.69) is 46.6 Å². The van der Waals surface area contributed by atoms with Crippen LogP contribution in [0.3, 0.4) is 0 Å². The number of hydrogen-bond donors (Lipinski definition) is 1. The Morgan fingerprint density at radius 2 is 2.16 bits per heavy atom. The van der Waals surface area contributed by atoms with E-state index in [4.69, 9.17) is 4.52 Å². The second kappa shape index (κ2) is 3.90. The molecule has 1 aromatic heterocycles. The van der Waals surface area contributed by atoms with E-state index in [1.807, 2.05) is 0 Å². The van der Waals surface area contributed by atoms with Crippen molar-refractivity contribution in [1.82, 2.24) is 15.5 Å². The van der Waals surface area contributed by atoms with E-state index < -0.39 is 0 Å². The van der Waals surface area contributed by atoms with Crippen LogP contribution in [0.2, 0.25) is 0 Å². The van der Waals surface area contributed by atoms with E-state index in [1.54, 1.807) is 0 Å². The summed E-state index contributed by atoms with van der Waals surface area (Å²) >= 11 is 0. The molecule has 0 bridgehead atoms. The molecule has 1 aliphatic carbocycles. The van der Waals surface area contributed by atoms with Crippen molar-refractivity contribution >= 4 is 0 Å². The van der Waals surface area contributed by atoms with Crippen molar-refractivity contribution in [3.05, 3.63) is 47.1 Å². The van der Waals surface area contributed by atoms with E-state index in [-0.39, 0.29) is 11.3 Å². The smallest absolute Gasteiger partial charge is 0.235 e. The lowest BCUT2D eigenvalue weighted by molar-refractivity contribution is 0.349. The Bertz CT molecular complexity index is 615. The highest BCUT2D eigenvalue weighted by Gasteiger charge is 2.44. The Hall–Kier alpha value is -1.68. The molecule has 0 saturated heterocycles. The molecule has 1 aliphatic heterocycles. The summed E-state index contributed by atoms with van der Waals surface area (Å²) < 4.78 is 5.53. The largest absolute Gasteiger partial charge is 0.339 e. The summed E-state index contributed by atoms with van der Waals surface area (Å²) in [6.45, 7) is 4.00. The third kappa shape index (κ3) is 1.78. The predicted octanol–water partition coefficient (Wildman–Crippen LogP) is 2.36. The zero-order valence-corrected chi connectivity index (χ0v) is 11.0. The molecule has 2 heterocycles. The van der Waals surface area contributed by atoms with Gasteiger partial charge in [-0.2, -0.15) is 4.98 Å². The standard InChI is InChI=1S/C15H17N3O/c1-15(6-7-15)14-17-13(19-18-14)12-9-16-8-10-4-2-3-5-11(10)12/h2-5,12,16H,6-9H2,1H3. The molecule has 4 rings (SSSR count). The number of hydrogen-bond acceptors (Lipinski definition) is 4. The Kier molecular flexibility index (Phi) is 2.30. The SMILES string of the molecule is CC1(c2noc(C3CNCc4ccccc43)n2)CC1. The van der Waals surface area contributed by atoms with Crippen LogP contribution < -0.4 is 5.32 Å². The van der Waals surface area contributed by atoms with Gasteiger partial charge >= 0.3 is 0 Å². The van der Waals surface area contributed by atoms with Crippen LogP contribution in [0, 0.1) is 0 Å². The molecule has 19 heavy (non-hydrogen) atoms. The Balaban J connectivity index is 1.71. The molecule has 1 fully saturated rings. The molecule has 2 aromatic rings. The minimum atomic E-state index is 0.170. The molecule has 4 nitrogen and oxygen atoms in total. The van der Waals surface area contributed by atoms with Crippen LogP contribution in [0.1, 0.15) is 48.5 Å². The average molecular weight is 255 g/mol. The molecule has 0 radical (unpaired) electrons. The Labute approximate surface area is 112 Å². The minimum absolute atomic E-state index is 0.170. The summed E-state index contributed by atoms with van der Waals surface area (Å²) in [6, 6.07) is 8.49. The first-order valence-corrected chi connectivity index (χ1v) is 6.89. The second-order valence-corrected chi connectivity index (χ2v) is 5.90. The number of aromatic nitrogens is 2. The van der Waals surface area contributed by atoms with Crippen molar-refractivity contribution < 1.29 is 4.52 Å². The fraction of sp³-hybridized carbons (Fsp3) is 0.467. The van der Waals surface area contributed by atoms with Crippen molar-refractivity contribution in [2.45, 2.75) is 37.6 Å². The van der Waals surface area contributed by atoms with Gasteiger partial charge in [-0.3, -0.25) is 0 Å². The van der Waals surface area contributed by atoms with Crippen molar-refractivity contribution in [2.24, 2.45) is 0 Å². The molecule has 4 heteroatoms. The van der Waals surface area contributed by atoms with E-state index in [0.29, 0.717) is 0 Å². The van der Waals surface area contributed by atoms with Gasteiger partial charge in [0.05, 0.1) is 5.92 Å². The number of rotatable bonds is 2. The van der Waals surface area contributed by atoms with Crippen LogP contribution in [-0.2, 0) is 12.0 Å². The van der Waals surface area contributed by atoms with Crippen LogP contribution in [0.15, 0.2) is 28.8 Å². The molecule has 98 valence electrons. The van der Waals surface area contributed by atoms with Crippen molar-refractivity contribution in [2.75, 3.05) is 6.54 Å². The molecule has 1 N–H and O–H groups in total. The lowest BCUT2D eigenvalue weighted by atomic mass is 9.91. The number of fused-ring (bicyclic) bond motifs is 1. The molecular weight excluding hydrogens is 238 g/mol. The average Bonchev–Trinajstić information content (AvgIpc) is 3.02. The normalized spacial score (nSPS) is 23.9. The summed E-state index contributed by atoms with van der Waals surface area (Å²) in [5.74, 6) is 1.82. The molecule has 1 saturated carbocycles. The van der Waals surface area contributed by atoms with Gasteiger partial charge in [-0.15, -0.1) is 0 Å². The van der Waals surface area contributed by atoms with Crippen LogP contribution in [0.5, 0.6) is 0 Å². The van der Waals surface area contributed by atoms with Crippen LogP contribution in [-0.4, -0.2) is 16.7 Å². The van der Waals surface area contributed by atoms with Crippen molar-refractivity contribution in [3.8, 4) is 0 Å². The molecule has 0 spiro atoms. The van der Waals surface area contributed by atoms with Crippen molar-refractivity contribution in [3.63, 3.8) is 0 Å². The maximum Gasteiger partial charge on any atom is 0.235 e. The van der Waals surface area contributed by atoms with E-state index in [1.165, 1.54) is 24.0 Å². The van der Waals surface area contributed by atoms with Crippen molar-refractivity contribution in [1.29, 1.82) is 0 Å². The van der Waals surface area contributed by atoms with Gasteiger partial charge in [0.1, 0.15) is 0 Å². The highest BCUT2D eigenvalue weighted by Crippen LogP contribution is 2.46. The van der Waals surface area contributed by atoms with E-state index >= 15 is 0 Å². The van der Waals surface area contributed by atoms with Gasteiger partial charge in [-0.05, 0) is 24.0 Å². The molecule has 2 aliphatic rings. The van der Waals surface area contributed by atoms with Gasteiger partial charge in [-0.1, -0.05) is 36.3 Å². The first-order chi connectivity index (χ1) is 9.26. The first kappa shape index (κ1) is 11.2. The molecule has 1 atom stereocenters. The number of benzene rings is 1. The van der Waals surface area contributed by atoms with Crippen LogP contribution >= 0.6 is 0 Å². The van der Waals surface area contributed by atoms with Gasteiger partial charge < -0.3 is 9.84 Å². The summed E-state index contributed by atoms with van der Waals surface area (Å²) in [7, 11) is 0. The lowest BCUT2D eigenvalue weighted by Gasteiger charge is -2.23. The first-order valence-electron chi connectivity index (χ1n) is 6.89. The topological polar surface area (TPSA) is 51.0 Å². The third-order valence-electron chi connectivity index (χ3n) is 4.37. The van der Waals surface area contributed by atoms with E-state index in [0.717, 1.165) is 24.8 Å². The Morgan fingerprint density at radius 3 is 3.00 bits per heavy atom. The lowest BCUT2D eigenvalue weighted by Crippen LogP contribution is -2.28. The quantitative estimate of drug-likeness (QED) is 0.895. The molecule has 1 aromatic carbocycles. The van der Waals surface area contributed by atoms with Gasteiger partial charge in [0.25, 0.3) is 0 Å². The fourth-order valence-corrected chi connectivity index (χ4v) is 2.75. The van der Waals surface area contributed by atoms with Crippen LogP contribution in [0.25, 0.3) is 0 Å². The summed E-state index contributed by atoms with van der Waals surface area (Å²) in [5.41, 5.74) is 2.82. The highest BCUT2D eigenvalue weighted by molar-refractivity contribution is 5.36. The number of nitrogens with zero attached hydrogens (tertiary/aromatic N) is 2. The van der Waals surface area contributed by atoms with Gasteiger partial charge in [-0.25, -0.2) is 0 Å². The zero-order chi connectivity index (χ0) is 12.9. The molecular formula is C15H17N3O. The summed E-state index contributed by atoms with van der Waals surface area (Å²) in [4.78, 5) is 4.65. The van der Waals surface area contributed by atoms with Gasteiger partial charge in [0.15, 0.2) is 5.82 Å². The fourth-order valence-electron chi connectivity index (χ4n) is 2.75. The third-order valence-corrected chi connectivity index (χ3v) is 4.37. The summed E-state index contributed by atoms with van der Waals surface area (Å²) in [6.07, 6.45) is 2.34. The van der Waals surface area contributed by atoms with Crippen LogP contribution in [0.4, 0.5) is 0 Å². The van der Waals surface area contributed by atoms with Gasteiger partial charge in [0.2, 0.25) is 5.89 Å². The zero-order valence-electron chi connectivity index (χ0n) is 11.0.